The van der Waals surface area contributed by atoms with Gasteiger partial charge >= 0.3 is 0 Å². The molecule has 1 aromatic carbocycles. The fraction of sp³-hybridized carbons (Fsp3) is 0.429. The lowest BCUT2D eigenvalue weighted by atomic mass is 10.2. The van der Waals surface area contributed by atoms with Crippen LogP contribution in [-0.2, 0) is 6.54 Å². The molecule has 0 saturated carbocycles. The molecule has 0 amide bonds. The molecule has 0 radical (unpaired) electrons. The highest BCUT2D eigenvalue weighted by molar-refractivity contribution is 14.0. The standard InChI is InChI=1S/C21H27F2N5O.HI/c1-3-24-21(26-13-15-8-10-25-19(12-15)29-4-2)27-16-9-11-28(14-16)20-17(22)6-5-7-18(20)23;/h5-8,10,12,16H,3-4,9,11,13-14H2,1-2H3,(H2,24,26,27);1H. The Bertz CT molecular complexity index is 832. The van der Waals surface area contributed by atoms with Gasteiger partial charge in [-0.2, -0.15) is 0 Å². The smallest absolute Gasteiger partial charge is 0.213 e. The lowest BCUT2D eigenvalue weighted by Gasteiger charge is -2.21. The fourth-order valence-corrected chi connectivity index (χ4v) is 3.33. The summed E-state index contributed by atoms with van der Waals surface area (Å²) in [6.07, 6.45) is 2.47. The number of halogens is 3. The predicted octanol–water partition coefficient (Wildman–Crippen LogP) is 3.71. The zero-order chi connectivity index (χ0) is 20.6. The van der Waals surface area contributed by atoms with E-state index >= 15 is 0 Å². The molecular weight excluding hydrogens is 503 g/mol. The number of hydrogen-bond acceptors (Lipinski definition) is 4. The molecule has 1 atom stereocenters. The normalized spacial score (nSPS) is 16.2. The molecule has 0 aliphatic carbocycles. The van der Waals surface area contributed by atoms with Crippen LogP contribution < -0.4 is 20.3 Å². The summed E-state index contributed by atoms with van der Waals surface area (Å²) in [6.45, 7) is 6.74. The number of aromatic nitrogens is 1. The molecule has 1 aromatic heterocycles. The molecule has 2 heterocycles. The summed E-state index contributed by atoms with van der Waals surface area (Å²) in [5.74, 6) is 0.183. The molecule has 1 aliphatic rings. The molecule has 9 heteroatoms. The zero-order valence-corrected chi connectivity index (χ0v) is 19.5. The minimum Gasteiger partial charge on any atom is -0.478 e. The van der Waals surface area contributed by atoms with E-state index in [1.54, 1.807) is 11.1 Å². The number of para-hydroxylation sites is 1. The van der Waals surface area contributed by atoms with Crippen LogP contribution in [0.3, 0.4) is 0 Å². The molecule has 0 bridgehead atoms. The summed E-state index contributed by atoms with van der Waals surface area (Å²) in [5.41, 5.74) is 1.03. The third-order valence-electron chi connectivity index (χ3n) is 4.64. The van der Waals surface area contributed by atoms with Gasteiger partial charge in [-0.3, -0.25) is 0 Å². The maximum absolute atomic E-state index is 14.1. The Morgan fingerprint density at radius 3 is 2.73 bits per heavy atom. The Labute approximate surface area is 193 Å². The van der Waals surface area contributed by atoms with E-state index in [0.29, 0.717) is 44.6 Å². The van der Waals surface area contributed by atoms with Crippen LogP contribution in [0.2, 0.25) is 0 Å². The predicted molar refractivity (Wildman–Crippen MR) is 126 cm³/mol. The van der Waals surface area contributed by atoms with Crippen LogP contribution in [0.15, 0.2) is 41.5 Å². The van der Waals surface area contributed by atoms with Crippen molar-refractivity contribution in [1.29, 1.82) is 0 Å². The molecule has 1 unspecified atom stereocenters. The molecule has 2 aromatic rings. The quantitative estimate of drug-likeness (QED) is 0.324. The first-order valence-electron chi connectivity index (χ1n) is 9.92. The van der Waals surface area contributed by atoms with E-state index in [-0.39, 0.29) is 35.7 Å². The maximum atomic E-state index is 14.1. The van der Waals surface area contributed by atoms with Crippen molar-refractivity contribution >= 4 is 35.6 Å². The number of aliphatic imine (C=N–C) groups is 1. The van der Waals surface area contributed by atoms with E-state index in [1.807, 2.05) is 26.0 Å². The lowest BCUT2D eigenvalue weighted by Crippen LogP contribution is -2.44. The van der Waals surface area contributed by atoms with Crippen LogP contribution in [0.25, 0.3) is 0 Å². The number of ether oxygens (including phenoxy) is 1. The summed E-state index contributed by atoms with van der Waals surface area (Å²) in [5, 5.41) is 6.59. The van der Waals surface area contributed by atoms with Gasteiger partial charge in [0.05, 0.1) is 13.2 Å². The van der Waals surface area contributed by atoms with Crippen LogP contribution >= 0.6 is 24.0 Å². The monoisotopic (exact) mass is 531 g/mol. The van der Waals surface area contributed by atoms with Gasteiger partial charge < -0.3 is 20.3 Å². The van der Waals surface area contributed by atoms with Crippen LogP contribution in [0.4, 0.5) is 14.5 Å². The van der Waals surface area contributed by atoms with E-state index in [9.17, 15) is 8.78 Å². The molecule has 0 spiro atoms. The van der Waals surface area contributed by atoms with Gasteiger partial charge in [0, 0.05) is 37.9 Å². The second-order valence-electron chi connectivity index (χ2n) is 6.78. The van der Waals surface area contributed by atoms with Crippen LogP contribution in [0.1, 0.15) is 25.8 Å². The second kappa shape index (κ2) is 11.9. The van der Waals surface area contributed by atoms with Gasteiger partial charge in [0.25, 0.3) is 0 Å². The number of nitrogens with one attached hydrogen (secondary N) is 2. The molecule has 30 heavy (non-hydrogen) atoms. The van der Waals surface area contributed by atoms with E-state index in [2.05, 4.69) is 20.6 Å². The number of rotatable bonds is 7. The third-order valence-corrected chi connectivity index (χ3v) is 4.64. The van der Waals surface area contributed by atoms with E-state index in [1.165, 1.54) is 18.2 Å². The fourth-order valence-electron chi connectivity index (χ4n) is 3.33. The molecule has 6 nitrogen and oxygen atoms in total. The zero-order valence-electron chi connectivity index (χ0n) is 17.2. The number of guanidine groups is 1. The van der Waals surface area contributed by atoms with Crippen molar-refractivity contribution in [2.75, 3.05) is 31.1 Å². The van der Waals surface area contributed by atoms with Crippen molar-refractivity contribution in [3.05, 3.63) is 53.7 Å². The van der Waals surface area contributed by atoms with Crippen LogP contribution in [-0.4, -0.2) is 43.2 Å². The van der Waals surface area contributed by atoms with Gasteiger partial charge in [0.15, 0.2) is 5.96 Å². The first kappa shape index (κ1) is 24.1. The van der Waals surface area contributed by atoms with Gasteiger partial charge in [-0.05, 0) is 44.0 Å². The maximum Gasteiger partial charge on any atom is 0.213 e. The Morgan fingerprint density at radius 1 is 1.27 bits per heavy atom. The van der Waals surface area contributed by atoms with Crippen molar-refractivity contribution in [1.82, 2.24) is 15.6 Å². The highest BCUT2D eigenvalue weighted by Gasteiger charge is 2.27. The Kier molecular flexibility index (Phi) is 9.54. The number of nitrogens with zero attached hydrogens (tertiary/aromatic N) is 3. The second-order valence-corrected chi connectivity index (χ2v) is 6.78. The summed E-state index contributed by atoms with van der Waals surface area (Å²) >= 11 is 0. The summed E-state index contributed by atoms with van der Waals surface area (Å²) < 4.78 is 33.5. The molecule has 3 rings (SSSR count). The third kappa shape index (κ3) is 6.41. The molecule has 2 N–H and O–H groups in total. The van der Waals surface area contributed by atoms with E-state index in [0.717, 1.165) is 12.0 Å². The number of benzene rings is 1. The summed E-state index contributed by atoms with van der Waals surface area (Å²) in [7, 11) is 0. The Hall–Kier alpha value is -2.17. The van der Waals surface area contributed by atoms with Crippen LogP contribution in [0.5, 0.6) is 5.88 Å². The minimum atomic E-state index is -0.533. The molecule has 1 saturated heterocycles. The van der Waals surface area contributed by atoms with Gasteiger partial charge in [-0.1, -0.05) is 6.07 Å². The largest absolute Gasteiger partial charge is 0.478 e. The highest BCUT2D eigenvalue weighted by atomic mass is 127. The van der Waals surface area contributed by atoms with Crippen molar-refractivity contribution < 1.29 is 13.5 Å². The van der Waals surface area contributed by atoms with Crippen molar-refractivity contribution in [2.45, 2.75) is 32.9 Å². The van der Waals surface area contributed by atoms with Gasteiger partial charge in [0.2, 0.25) is 5.88 Å². The van der Waals surface area contributed by atoms with Crippen LogP contribution in [0, 0.1) is 11.6 Å². The summed E-state index contributed by atoms with van der Waals surface area (Å²) in [6, 6.07) is 7.77. The molecular formula is C21H28F2IN5O. The Morgan fingerprint density at radius 2 is 2.03 bits per heavy atom. The molecule has 1 aliphatic heterocycles. The molecule has 164 valence electrons. The van der Waals surface area contributed by atoms with Gasteiger partial charge in [0.1, 0.15) is 17.3 Å². The first-order valence-corrected chi connectivity index (χ1v) is 9.92. The van der Waals surface area contributed by atoms with Crippen molar-refractivity contribution in [3.63, 3.8) is 0 Å². The van der Waals surface area contributed by atoms with E-state index < -0.39 is 11.6 Å². The topological polar surface area (TPSA) is 61.8 Å². The summed E-state index contributed by atoms with van der Waals surface area (Å²) in [4.78, 5) is 10.5. The minimum absolute atomic E-state index is 0. The van der Waals surface area contributed by atoms with Crippen molar-refractivity contribution in [2.24, 2.45) is 4.99 Å². The van der Waals surface area contributed by atoms with Gasteiger partial charge in [-0.25, -0.2) is 18.8 Å². The van der Waals surface area contributed by atoms with E-state index in [4.69, 9.17) is 4.74 Å². The Balaban J connectivity index is 0.00000320. The molecule has 1 fully saturated rings. The lowest BCUT2D eigenvalue weighted by molar-refractivity contribution is 0.326. The highest BCUT2D eigenvalue weighted by Crippen LogP contribution is 2.26. The first-order chi connectivity index (χ1) is 14.1. The number of hydrogen-bond donors (Lipinski definition) is 2. The average molecular weight is 531 g/mol. The number of anilines is 1. The average Bonchev–Trinajstić information content (AvgIpc) is 3.15. The van der Waals surface area contributed by atoms with Crippen molar-refractivity contribution in [3.8, 4) is 5.88 Å². The van der Waals surface area contributed by atoms with Gasteiger partial charge in [-0.15, -0.1) is 24.0 Å². The SMILES string of the molecule is CCNC(=NCc1ccnc(OCC)c1)NC1CCN(c2c(F)cccc2F)C1.I. The number of pyridine rings is 1.